The summed E-state index contributed by atoms with van der Waals surface area (Å²) in [4.78, 5) is 7.01. The normalized spacial score (nSPS) is 24.1. The van der Waals surface area contributed by atoms with Gasteiger partial charge >= 0.3 is 0 Å². The van der Waals surface area contributed by atoms with Crippen LogP contribution >= 0.6 is 0 Å². The Morgan fingerprint density at radius 3 is 3.05 bits per heavy atom. The van der Waals surface area contributed by atoms with Gasteiger partial charge in [-0.15, -0.1) is 0 Å². The number of rotatable bonds is 3. The van der Waals surface area contributed by atoms with E-state index in [-0.39, 0.29) is 0 Å². The minimum Gasteiger partial charge on any atom is -0.424 e. The molecule has 1 saturated heterocycles. The molecule has 5 nitrogen and oxygen atoms in total. The maximum absolute atomic E-state index is 5.75. The molecule has 0 radical (unpaired) electrons. The van der Waals surface area contributed by atoms with Gasteiger partial charge in [0.1, 0.15) is 5.52 Å². The monoisotopic (exact) mass is 258 g/mol. The average molecular weight is 258 g/mol. The van der Waals surface area contributed by atoms with Gasteiger partial charge in [0.2, 0.25) is 0 Å². The molecule has 5 heteroatoms. The Labute approximate surface area is 111 Å². The van der Waals surface area contributed by atoms with Crippen LogP contribution in [0.3, 0.4) is 0 Å². The summed E-state index contributed by atoms with van der Waals surface area (Å²) in [6.45, 7) is 2.29. The van der Waals surface area contributed by atoms with Gasteiger partial charge < -0.3 is 15.5 Å². The Morgan fingerprint density at radius 2 is 2.21 bits per heavy atom. The number of nitrogen functional groups attached to an aromatic ring is 1. The fraction of sp³-hybridized carbons (Fsp3) is 0.500. The summed E-state index contributed by atoms with van der Waals surface area (Å²) in [5, 5.41) is 3.40. The highest BCUT2D eigenvalue weighted by molar-refractivity contribution is 5.78. The van der Waals surface area contributed by atoms with Gasteiger partial charge in [-0.2, -0.15) is 4.98 Å². The Kier molecular flexibility index (Phi) is 2.41. The lowest BCUT2D eigenvalue weighted by molar-refractivity contribution is 0.325. The van der Waals surface area contributed by atoms with Gasteiger partial charge in [0.25, 0.3) is 6.01 Å². The molecule has 100 valence electrons. The number of oxazole rings is 1. The predicted octanol–water partition coefficient (Wildman–Crippen LogP) is 2.06. The number of hydrogen-bond donors (Lipinski definition) is 2. The van der Waals surface area contributed by atoms with E-state index in [1.165, 1.54) is 19.4 Å². The van der Waals surface area contributed by atoms with Gasteiger partial charge in [0.15, 0.2) is 5.58 Å². The quantitative estimate of drug-likeness (QED) is 0.825. The van der Waals surface area contributed by atoms with Crippen molar-refractivity contribution in [1.29, 1.82) is 0 Å². The fourth-order valence-corrected chi connectivity index (χ4v) is 2.86. The Bertz CT molecular complexity index is 605. The summed E-state index contributed by atoms with van der Waals surface area (Å²) in [5.74, 6) is 0. The minimum absolute atomic E-state index is 0.450. The van der Waals surface area contributed by atoms with Crippen LogP contribution in [0.5, 0.6) is 0 Å². The second-order valence-electron chi connectivity index (χ2n) is 5.60. The van der Waals surface area contributed by atoms with E-state index >= 15 is 0 Å². The molecule has 0 spiro atoms. The molecule has 1 unspecified atom stereocenters. The number of fused-ring (bicyclic) bond motifs is 1. The molecule has 0 amide bonds. The number of benzene rings is 1. The Hall–Kier alpha value is -1.75. The van der Waals surface area contributed by atoms with Gasteiger partial charge in [-0.1, -0.05) is 0 Å². The lowest BCUT2D eigenvalue weighted by Crippen LogP contribution is -2.27. The maximum atomic E-state index is 5.75. The van der Waals surface area contributed by atoms with Crippen LogP contribution in [0.25, 0.3) is 11.1 Å². The third kappa shape index (κ3) is 2.14. The zero-order valence-corrected chi connectivity index (χ0v) is 10.8. The zero-order valence-electron chi connectivity index (χ0n) is 10.8. The number of aromatic nitrogens is 1. The number of nitrogens with one attached hydrogen (secondary N) is 1. The first-order chi connectivity index (χ1) is 9.28. The predicted molar refractivity (Wildman–Crippen MR) is 75.0 cm³/mol. The smallest absolute Gasteiger partial charge is 0.295 e. The van der Waals surface area contributed by atoms with E-state index in [4.69, 9.17) is 10.2 Å². The Morgan fingerprint density at radius 1 is 1.32 bits per heavy atom. The second-order valence-corrected chi connectivity index (χ2v) is 5.60. The first-order valence-corrected chi connectivity index (χ1v) is 6.94. The van der Waals surface area contributed by atoms with E-state index in [9.17, 15) is 0 Å². The van der Waals surface area contributed by atoms with Gasteiger partial charge in [0, 0.05) is 30.9 Å². The third-order valence-electron chi connectivity index (χ3n) is 4.02. The maximum Gasteiger partial charge on any atom is 0.295 e. The van der Waals surface area contributed by atoms with Crippen LogP contribution in [0.15, 0.2) is 22.6 Å². The van der Waals surface area contributed by atoms with Crippen molar-refractivity contribution in [2.24, 2.45) is 0 Å². The van der Waals surface area contributed by atoms with E-state index in [2.05, 4.69) is 15.2 Å². The molecular weight excluding hydrogens is 240 g/mol. The van der Waals surface area contributed by atoms with Crippen molar-refractivity contribution in [3.05, 3.63) is 18.2 Å². The van der Waals surface area contributed by atoms with Crippen LogP contribution in [0.1, 0.15) is 19.3 Å². The van der Waals surface area contributed by atoms with Gasteiger partial charge in [-0.25, -0.2) is 0 Å². The lowest BCUT2D eigenvalue weighted by atomic mass is 10.3. The molecular formula is C14H18N4O. The molecule has 2 aliphatic rings. The highest BCUT2D eigenvalue weighted by Crippen LogP contribution is 2.31. The SMILES string of the molecule is Nc1ccc2oc(NC3CCN(C4CC4)C3)nc2c1. The van der Waals surface area contributed by atoms with E-state index in [1.807, 2.05) is 18.2 Å². The van der Waals surface area contributed by atoms with Crippen molar-refractivity contribution in [3.8, 4) is 0 Å². The van der Waals surface area contributed by atoms with Crippen LogP contribution in [0.4, 0.5) is 11.7 Å². The summed E-state index contributed by atoms with van der Waals surface area (Å²) in [6, 6.07) is 7.45. The fourth-order valence-electron chi connectivity index (χ4n) is 2.86. The summed E-state index contributed by atoms with van der Waals surface area (Å²) in [5.41, 5.74) is 8.07. The number of nitrogens with two attached hydrogens (primary N) is 1. The molecule has 2 heterocycles. The van der Waals surface area contributed by atoms with Crippen molar-refractivity contribution < 1.29 is 4.42 Å². The minimum atomic E-state index is 0.450. The molecule has 3 N–H and O–H groups in total. The molecule has 0 bridgehead atoms. The summed E-state index contributed by atoms with van der Waals surface area (Å²) in [7, 11) is 0. The molecule has 2 aromatic rings. The molecule has 1 aliphatic carbocycles. The second kappa shape index (κ2) is 4.13. The number of nitrogens with zero attached hydrogens (tertiary/aromatic N) is 2. The molecule has 2 fully saturated rings. The summed E-state index contributed by atoms with van der Waals surface area (Å²) < 4.78 is 5.70. The van der Waals surface area contributed by atoms with Crippen LogP contribution in [0, 0.1) is 0 Å². The van der Waals surface area contributed by atoms with E-state index in [0.717, 1.165) is 30.1 Å². The average Bonchev–Trinajstić information content (AvgIpc) is 3.01. The molecule has 1 aromatic carbocycles. The van der Waals surface area contributed by atoms with Crippen molar-refractivity contribution >= 4 is 22.8 Å². The summed E-state index contributed by atoms with van der Waals surface area (Å²) >= 11 is 0. The molecule has 1 atom stereocenters. The largest absolute Gasteiger partial charge is 0.424 e. The first kappa shape index (κ1) is 11.1. The topological polar surface area (TPSA) is 67.3 Å². The number of likely N-dealkylation sites (tertiary alicyclic amines) is 1. The van der Waals surface area contributed by atoms with E-state index in [1.54, 1.807) is 0 Å². The number of anilines is 2. The third-order valence-corrected chi connectivity index (χ3v) is 4.02. The zero-order chi connectivity index (χ0) is 12.8. The molecule has 1 aliphatic heterocycles. The van der Waals surface area contributed by atoms with Crippen molar-refractivity contribution in [2.45, 2.75) is 31.3 Å². The van der Waals surface area contributed by atoms with Gasteiger partial charge in [-0.05, 0) is 37.5 Å². The van der Waals surface area contributed by atoms with Crippen molar-refractivity contribution in [1.82, 2.24) is 9.88 Å². The lowest BCUT2D eigenvalue weighted by Gasteiger charge is -2.14. The molecule has 1 saturated carbocycles. The van der Waals surface area contributed by atoms with Crippen molar-refractivity contribution in [3.63, 3.8) is 0 Å². The standard InChI is InChI=1S/C14H18N4O/c15-9-1-4-13-12(7-9)17-14(19-13)16-10-5-6-18(8-10)11-2-3-11/h1,4,7,10-11H,2-3,5-6,8,15H2,(H,16,17). The van der Waals surface area contributed by atoms with Gasteiger partial charge in [-0.3, -0.25) is 4.90 Å². The highest BCUT2D eigenvalue weighted by atomic mass is 16.4. The van der Waals surface area contributed by atoms with Crippen LogP contribution < -0.4 is 11.1 Å². The number of hydrogen-bond acceptors (Lipinski definition) is 5. The molecule has 1 aromatic heterocycles. The molecule has 19 heavy (non-hydrogen) atoms. The van der Waals surface area contributed by atoms with Gasteiger partial charge in [0.05, 0.1) is 0 Å². The molecule has 4 rings (SSSR count). The highest BCUT2D eigenvalue weighted by Gasteiger charge is 2.34. The van der Waals surface area contributed by atoms with E-state index in [0.29, 0.717) is 17.7 Å². The van der Waals surface area contributed by atoms with Crippen LogP contribution in [-0.4, -0.2) is 35.1 Å². The van der Waals surface area contributed by atoms with Crippen LogP contribution in [0.2, 0.25) is 0 Å². The van der Waals surface area contributed by atoms with E-state index < -0.39 is 0 Å². The van der Waals surface area contributed by atoms with Crippen molar-refractivity contribution in [2.75, 3.05) is 24.1 Å². The Balaban J connectivity index is 1.48. The summed E-state index contributed by atoms with van der Waals surface area (Å²) in [6.07, 6.45) is 3.90. The van der Waals surface area contributed by atoms with Crippen LogP contribution in [-0.2, 0) is 0 Å². The first-order valence-electron chi connectivity index (χ1n) is 6.94.